The summed E-state index contributed by atoms with van der Waals surface area (Å²) in [7, 11) is 0. The second-order valence-electron chi connectivity index (χ2n) is 4.05. The van der Waals surface area contributed by atoms with Crippen LogP contribution in [0.5, 0.6) is 0 Å². The maximum absolute atomic E-state index is 10.8. The Hall–Kier alpha value is -0.570. The summed E-state index contributed by atoms with van der Waals surface area (Å²) < 4.78 is 0. The van der Waals surface area contributed by atoms with Gasteiger partial charge in [0.25, 0.3) is 0 Å². The molecule has 3 N–H and O–H groups in total. The standard InChI is InChI=1S/C9H15NO2/c10-8-6-4-2-1-3-5(6)7(8)9(11)12/h5-8H,1-4,10H2,(H,11,12)/t5?,6?,7-,8+/m1/s1. The van der Waals surface area contributed by atoms with Crippen molar-refractivity contribution in [3.05, 3.63) is 0 Å². The van der Waals surface area contributed by atoms with Crippen LogP contribution in [0.4, 0.5) is 0 Å². The van der Waals surface area contributed by atoms with Gasteiger partial charge in [-0.05, 0) is 24.7 Å². The molecule has 2 unspecified atom stereocenters. The zero-order chi connectivity index (χ0) is 8.72. The first-order valence-electron chi connectivity index (χ1n) is 4.70. The lowest BCUT2D eigenvalue weighted by Crippen LogP contribution is -2.60. The zero-order valence-corrected chi connectivity index (χ0v) is 7.07. The summed E-state index contributed by atoms with van der Waals surface area (Å²) in [5, 5.41) is 8.86. The van der Waals surface area contributed by atoms with Gasteiger partial charge < -0.3 is 10.8 Å². The van der Waals surface area contributed by atoms with Gasteiger partial charge >= 0.3 is 5.97 Å². The summed E-state index contributed by atoms with van der Waals surface area (Å²) in [4.78, 5) is 10.8. The Kier molecular flexibility index (Phi) is 1.83. The molecule has 12 heavy (non-hydrogen) atoms. The van der Waals surface area contributed by atoms with E-state index in [1.54, 1.807) is 0 Å². The van der Waals surface area contributed by atoms with E-state index in [4.69, 9.17) is 10.8 Å². The van der Waals surface area contributed by atoms with Crippen molar-refractivity contribution < 1.29 is 9.90 Å². The van der Waals surface area contributed by atoms with Crippen LogP contribution >= 0.6 is 0 Å². The van der Waals surface area contributed by atoms with E-state index in [0.29, 0.717) is 11.8 Å². The molecule has 2 aliphatic carbocycles. The highest BCUT2D eigenvalue weighted by Crippen LogP contribution is 2.48. The Morgan fingerprint density at radius 1 is 1.25 bits per heavy atom. The van der Waals surface area contributed by atoms with Crippen LogP contribution < -0.4 is 5.73 Å². The van der Waals surface area contributed by atoms with Crippen LogP contribution in [0.25, 0.3) is 0 Å². The van der Waals surface area contributed by atoms with Crippen LogP contribution in [0.2, 0.25) is 0 Å². The maximum atomic E-state index is 10.8. The molecule has 2 fully saturated rings. The van der Waals surface area contributed by atoms with Crippen LogP contribution in [0.1, 0.15) is 25.7 Å². The molecule has 0 aliphatic heterocycles. The zero-order valence-electron chi connectivity index (χ0n) is 7.07. The molecule has 0 spiro atoms. The Bertz CT molecular complexity index is 205. The third kappa shape index (κ3) is 0.959. The van der Waals surface area contributed by atoms with E-state index in [0.717, 1.165) is 12.8 Å². The minimum Gasteiger partial charge on any atom is -0.481 e. The average Bonchev–Trinajstić information content (AvgIpc) is 2.03. The monoisotopic (exact) mass is 169 g/mol. The molecule has 2 rings (SSSR count). The maximum Gasteiger partial charge on any atom is 0.308 e. The van der Waals surface area contributed by atoms with Gasteiger partial charge in [-0.25, -0.2) is 0 Å². The molecule has 3 heteroatoms. The van der Waals surface area contributed by atoms with E-state index in [9.17, 15) is 4.79 Å². The molecule has 0 aromatic rings. The SMILES string of the molecule is N[C@H]1C2CCCCC2[C@H]1C(=O)O. The van der Waals surface area contributed by atoms with Crippen molar-refractivity contribution in [2.24, 2.45) is 23.5 Å². The van der Waals surface area contributed by atoms with Crippen molar-refractivity contribution in [3.63, 3.8) is 0 Å². The molecule has 0 aromatic carbocycles. The molecule has 2 saturated carbocycles. The summed E-state index contributed by atoms with van der Waals surface area (Å²) in [5.74, 6) is -0.0213. The minimum atomic E-state index is -0.689. The van der Waals surface area contributed by atoms with Crippen molar-refractivity contribution >= 4 is 5.97 Å². The molecule has 0 bridgehead atoms. The van der Waals surface area contributed by atoms with Gasteiger partial charge in [0.05, 0.1) is 5.92 Å². The van der Waals surface area contributed by atoms with Crippen molar-refractivity contribution in [1.82, 2.24) is 0 Å². The van der Waals surface area contributed by atoms with E-state index >= 15 is 0 Å². The van der Waals surface area contributed by atoms with Crippen LogP contribution in [-0.2, 0) is 4.79 Å². The summed E-state index contributed by atoms with van der Waals surface area (Å²) in [6.45, 7) is 0. The molecule has 0 radical (unpaired) electrons. The second kappa shape index (κ2) is 2.73. The molecular formula is C9H15NO2. The normalized spacial score (nSPS) is 46.1. The molecule has 2 aliphatic rings. The van der Waals surface area contributed by atoms with Gasteiger partial charge in [0.1, 0.15) is 0 Å². The smallest absolute Gasteiger partial charge is 0.308 e. The second-order valence-corrected chi connectivity index (χ2v) is 4.05. The summed E-state index contributed by atoms with van der Waals surface area (Å²) in [5.41, 5.74) is 5.80. The van der Waals surface area contributed by atoms with E-state index in [2.05, 4.69) is 0 Å². The first-order valence-corrected chi connectivity index (χ1v) is 4.70. The van der Waals surface area contributed by atoms with Gasteiger partial charge in [-0.1, -0.05) is 12.8 Å². The van der Waals surface area contributed by atoms with E-state index in [1.165, 1.54) is 12.8 Å². The predicted molar refractivity (Wildman–Crippen MR) is 44.5 cm³/mol. The summed E-state index contributed by atoms with van der Waals surface area (Å²) >= 11 is 0. The molecule has 3 nitrogen and oxygen atoms in total. The molecule has 0 aromatic heterocycles. The number of fused-ring (bicyclic) bond motifs is 1. The van der Waals surface area contributed by atoms with Crippen LogP contribution in [0.15, 0.2) is 0 Å². The molecule has 4 atom stereocenters. The van der Waals surface area contributed by atoms with Gasteiger partial charge in [0.15, 0.2) is 0 Å². The quantitative estimate of drug-likeness (QED) is 0.611. The van der Waals surface area contributed by atoms with Crippen molar-refractivity contribution in [2.75, 3.05) is 0 Å². The number of hydrogen-bond donors (Lipinski definition) is 2. The fraction of sp³-hybridized carbons (Fsp3) is 0.889. The Morgan fingerprint density at radius 3 is 2.42 bits per heavy atom. The molecular weight excluding hydrogens is 154 g/mol. The third-order valence-electron chi connectivity index (χ3n) is 3.53. The number of hydrogen-bond acceptors (Lipinski definition) is 2. The fourth-order valence-electron chi connectivity index (χ4n) is 2.87. The minimum absolute atomic E-state index is 0.0622. The first-order chi connectivity index (χ1) is 5.72. The van der Waals surface area contributed by atoms with Crippen LogP contribution in [0.3, 0.4) is 0 Å². The number of rotatable bonds is 1. The molecule has 0 amide bonds. The number of aliphatic carboxylic acids is 1. The van der Waals surface area contributed by atoms with Gasteiger partial charge in [-0.3, -0.25) is 4.79 Å². The Morgan fingerprint density at radius 2 is 1.83 bits per heavy atom. The van der Waals surface area contributed by atoms with Gasteiger partial charge in [0, 0.05) is 6.04 Å². The molecule has 0 heterocycles. The summed E-state index contributed by atoms with van der Waals surface area (Å²) in [6, 6.07) is -0.0622. The predicted octanol–water partition coefficient (Wildman–Crippen LogP) is 0.834. The van der Waals surface area contributed by atoms with E-state index in [-0.39, 0.29) is 12.0 Å². The lowest BCUT2D eigenvalue weighted by Gasteiger charge is -2.51. The number of nitrogens with two attached hydrogens (primary N) is 1. The topological polar surface area (TPSA) is 63.3 Å². The number of carboxylic acids is 1. The first kappa shape index (κ1) is 8.05. The molecule has 0 saturated heterocycles. The summed E-state index contributed by atoms with van der Waals surface area (Å²) in [6.07, 6.45) is 4.66. The fourth-order valence-corrected chi connectivity index (χ4v) is 2.87. The lowest BCUT2D eigenvalue weighted by molar-refractivity contribution is -0.155. The highest BCUT2D eigenvalue weighted by Gasteiger charge is 2.52. The number of carboxylic acid groups (broad SMARTS) is 1. The van der Waals surface area contributed by atoms with Crippen LogP contribution in [0, 0.1) is 17.8 Å². The highest BCUT2D eigenvalue weighted by molar-refractivity contribution is 5.73. The van der Waals surface area contributed by atoms with Crippen molar-refractivity contribution in [3.8, 4) is 0 Å². The van der Waals surface area contributed by atoms with Crippen molar-refractivity contribution in [1.29, 1.82) is 0 Å². The largest absolute Gasteiger partial charge is 0.481 e. The van der Waals surface area contributed by atoms with Gasteiger partial charge in [0.2, 0.25) is 0 Å². The van der Waals surface area contributed by atoms with Crippen molar-refractivity contribution in [2.45, 2.75) is 31.7 Å². The number of carbonyl (C=O) groups is 1. The highest BCUT2D eigenvalue weighted by atomic mass is 16.4. The van der Waals surface area contributed by atoms with E-state index < -0.39 is 5.97 Å². The van der Waals surface area contributed by atoms with Crippen LogP contribution in [-0.4, -0.2) is 17.1 Å². The molecule has 68 valence electrons. The Labute approximate surface area is 71.9 Å². The van der Waals surface area contributed by atoms with E-state index in [1.807, 2.05) is 0 Å². The third-order valence-corrected chi connectivity index (χ3v) is 3.53. The average molecular weight is 169 g/mol. The van der Waals surface area contributed by atoms with Gasteiger partial charge in [-0.2, -0.15) is 0 Å². The van der Waals surface area contributed by atoms with Gasteiger partial charge in [-0.15, -0.1) is 0 Å². The Balaban J connectivity index is 2.05. The lowest BCUT2D eigenvalue weighted by atomic mass is 9.55.